The molecule has 0 heterocycles. The van der Waals surface area contributed by atoms with Crippen molar-refractivity contribution in [1.29, 1.82) is 0 Å². The van der Waals surface area contributed by atoms with E-state index in [0.717, 1.165) is 24.9 Å². The third-order valence-corrected chi connectivity index (χ3v) is 3.03. The number of aliphatic hydroxyl groups excluding tert-OH is 1. The average molecular weight is 251 g/mol. The van der Waals surface area contributed by atoms with Crippen molar-refractivity contribution in [2.45, 2.75) is 38.3 Å². The third-order valence-electron chi connectivity index (χ3n) is 3.03. The Hall–Kier alpha value is -0.940. The minimum atomic E-state index is -0.591. The molecule has 4 heteroatoms. The Morgan fingerprint density at radius 3 is 2.56 bits per heavy atom. The van der Waals surface area contributed by atoms with E-state index >= 15 is 0 Å². The number of hydrazine groups is 1. The van der Waals surface area contributed by atoms with Crippen molar-refractivity contribution in [3.05, 3.63) is 35.9 Å². The standard InChI is InChI=1S/C14H25N3O/c1-2-3-9-17(16)11-14(18)13(15)10-12-7-5-4-6-8-12/h4-8,13-14,18H,2-3,9-11,15-16H2,1H3/t13-,14-/m0/s1. The molecule has 0 radical (unpaired) electrons. The van der Waals surface area contributed by atoms with E-state index < -0.39 is 6.10 Å². The number of hydrogen-bond acceptors (Lipinski definition) is 4. The lowest BCUT2D eigenvalue weighted by Gasteiger charge is -2.24. The maximum absolute atomic E-state index is 10.0. The van der Waals surface area contributed by atoms with Gasteiger partial charge in [-0.25, -0.2) is 5.01 Å². The molecular weight excluding hydrogens is 226 g/mol. The lowest BCUT2D eigenvalue weighted by atomic mass is 10.0. The number of aliphatic hydroxyl groups is 1. The number of benzene rings is 1. The summed E-state index contributed by atoms with van der Waals surface area (Å²) in [4.78, 5) is 0. The van der Waals surface area contributed by atoms with Crippen LogP contribution in [-0.4, -0.2) is 35.4 Å². The summed E-state index contributed by atoms with van der Waals surface area (Å²) in [6.45, 7) is 3.34. The SMILES string of the molecule is CCCCN(N)C[C@H](O)[C@@H](N)Cc1ccccc1. The average Bonchev–Trinajstić information content (AvgIpc) is 2.37. The zero-order valence-corrected chi connectivity index (χ0v) is 11.1. The van der Waals surface area contributed by atoms with Gasteiger partial charge in [-0.15, -0.1) is 0 Å². The molecule has 4 nitrogen and oxygen atoms in total. The molecule has 1 rings (SSSR count). The van der Waals surface area contributed by atoms with Crippen LogP contribution in [0.1, 0.15) is 25.3 Å². The number of nitrogens with two attached hydrogens (primary N) is 2. The summed E-state index contributed by atoms with van der Waals surface area (Å²) in [6.07, 6.45) is 2.22. The molecule has 1 aromatic rings. The zero-order chi connectivity index (χ0) is 13.4. The molecule has 102 valence electrons. The van der Waals surface area contributed by atoms with Crippen LogP contribution in [-0.2, 0) is 6.42 Å². The lowest BCUT2D eigenvalue weighted by molar-refractivity contribution is 0.0903. The highest BCUT2D eigenvalue weighted by atomic mass is 16.3. The van der Waals surface area contributed by atoms with Gasteiger partial charge in [0.25, 0.3) is 0 Å². The van der Waals surface area contributed by atoms with Gasteiger partial charge < -0.3 is 10.8 Å². The monoisotopic (exact) mass is 251 g/mol. The Morgan fingerprint density at radius 1 is 1.28 bits per heavy atom. The molecule has 0 amide bonds. The highest BCUT2D eigenvalue weighted by Crippen LogP contribution is 2.05. The first-order chi connectivity index (χ1) is 8.63. The zero-order valence-electron chi connectivity index (χ0n) is 11.1. The summed E-state index contributed by atoms with van der Waals surface area (Å²) in [6, 6.07) is 9.68. The topological polar surface area (TPSA) is 75.5 Å². The van der Waals surface area contributed by atoms with Crippen molar-refractivity contribution in [1.82, 2.24) is 5.01 Å². The molecule has 0 fully saturated rings. The van der Waals surface area contributed by atoms with Gasteiger partial charge in [-0.05, 0) is 18.4 Å². The first-order valence-corrected chi connectivity index (χ1v) is 6.60. The van der Waals surface area contributed by atoms with Crippen molar-refractivity contribution in [3.63, 3.8) is 0 Å². The largest absolute Gasteiger partial charge is 0.390 e. The molecule has 0 saturated heterocycles. The summed E-state index contributed by atoms with van der Waals surface area (Å²) < 4.78 is 0. The quantitative estimate of drug-likeness (QED) is 0.474. The first-order valence-electron chi connectivity index (χ1n) is 6.60. The van der Waals surface area contributed by atoms with E-state index in [1.807, 2.05) is 30.3 Å². The second-order valence-electron chi connectivity index (χ2n) is 4.77. The van der Waals surface area contributed by atoms with Crippen LogP contribution in [0.2, 0.25) is 0 Å². The van der Waals surface area contributed by atoms with Crippen LogP contribution in [0.5, 0.6) is 0 Å². The van der Waals surface area contributed by atoms with Crippen LogP contribution in [0.15, 0.2) is 30.3 Å². The number of nitrogens with zero attached hydrogens (tertiary/aromatic N) is 1. The van der Waals surface area contributed by atoms with Crippen LogP contribution in [0.25, 0.3) is 0 Å². The molecule has 0 unspecified atom stereocenters. The maximum atomic E-state index is 10.0. The summed E-state index contributed by atoms with van der Waals surface area (Å²) in [7, 11) is 0. The Bertz CT molecular complexity index is 318. The molecule has 5 N–H and O–H groups in total. The molecule has 0 bridgehead atoms. The lowest BCUT2D eigenvalue weighted by Crippen LogP contribution is -2.47. The van der Waals surface area contributed by atoms with Gasteiger partial charge in [0, 0.05) is 19.1 Å². The Balaban J connectivity index is 2.34. The minimum Gasteiger partial charge on any atom is -0.390 e. The van der Waals surface area contributed by atoms with Gasteiger partial charge in [-0.2, -0.15) is 0 Å². The van der Waals surface area contributed by atoms with E-state index in [0.29, 0.717) is 13.0 Å². The van der Waals surface area contributed by atoms with Crippen LogP contribution in [0.4, 0.5) is 0 Å². The Labute approximate surface area is 110 Å². The third kappa shape index (κ3) is 5.60. The highest BCUT2D eigenvalue weighted by Gasteiger charge is 2.17. The minimum absolute atomic E-state index is 0.278. The molecule has 0 aliphatic heterocycles. The summed E-state index contributed by atoms with van der Waals surface area (Å²) in [5.74, 6) is 5.81. The normalized spacial score (nSPS) is 14.7. The van der Waals surface area contributed by atoms with Gasteiger partial charge in [0.05, 0.1) is 6.10 Å². The second-order valence-corrected chi connectivity index (χ2v) is 4.77. The van der Waals surface area contributed by atoms with Crippen LogP contribution in [0, 0.1) is 0 Å². The predicted molar refractivity (Wildman–Crippen MR) is 74.8 cm³/mol. The van der Waals surface area contributed by atoms with Gasteiger partial charge >= 0.3 is 0 Å². The van der Waals surface area contributed by atoms with Crippen molar-refractivity contribution in [3.8, 4) is 0 Å². The first kappa shape index (κ1) is 15.1. The summed E-state index contributed by atoms with van der Waals surface area (Å²) in [5, 5.41) is 11.7. The molecular formula is C14H25N3O. The van der Waals surface area contributed by atoms with Gasteiger partial charge in [-0.3, -0.25) is 5.84 Å². The van der Waals surface area contributed by atoms with Crippen molar-refractivity contribution < 1.29 is 5.11 Å². The van der Waals surface area contributed by atoms with E-state index in [1.165, 1.54) is 0 Å². The molecule has 2 atom stereocenters. The number of rotatable bonds is 8. The van der Waals surface area contributed by atoms with Gasteiger partial charge in [0.2, 0.25) is 0 Å². The molecule has 0 spiro atoms. The second kappa shape index (κ2) is 8.21. The summed E-state index contributed by atoms with van der Waals surface area (Å²) >= 11 is 0. The maximum Gasteiger partial charge on any atom is 0.0834 e. The van der Waals surface area contributed by atoms with Crippen LogP contribution >= 0.6 is 0 Å². The number of unbranched alkanes of at least 4 members (excludes halogenated alkanes) is 1. The van der Waals surface area contributed by atoms with Crippen LogP contribution < -0.4 is 11.6 Å². The van der Waals surface area contributed by atoms with E-state index in [1.54, 1.807) is 5.01 Å². The highest BCUT2D eigenvalue weighted by molar-refractivity contribution is 5.16. The fourth-order valence-corrected chi connectivity index (χ4v) is 1.85. The molecule has 0 aliphatic rings. The summed E-state index contributed by atoms with van der Waals surface area (Å²) in [5.41, 5.74) is 7.13. The van der Waals surface area contributed by atoms with Gasteiger partial charge in [0.15, 0.2) is 0 Å². The van der Waals surface area contributed by atoms with Gasteiger partial charge in [0.1, 0.15) is 0 Å². The molecule has 0 saturated carbocycles. The smallest absolute Gasteiger partial charge is 0.0834 e. The molecule has 0 aliphatic carbocycles. The fourth-order valence-electron chi connectivity index (χ4n) is 1.85. The Morgan fingerprint density at radius 2 is 1.94 bits per heavy atom. The van der Waals surface area contributed by atoms with Crippen molar-refractivity contribution in [2.24, 2.45) is 11.6 Å². The molecule has 18 heavy (non-hydrogen) atoms. The van der Waals surface area contributed by atoms with Gasteiger partial charge in [-0.1, -0.05) is 43.7 Å². The molecule has 0 aromatic heterocycles. The van der Waals surface area contributed by atoms with Crippen LogP contribution in [0.3, 0.4) is 0 Å². The Kier molecular flexibility index (Phi) is 6.90. The molecule has 1 aromatic carbocycles. The van der Waals surface area contributed by atoms with Crippen molar-refractivity contribution in [2.75, 3.05) is 13.1 Å². The van der Waals surface area contributed by atoms with E-state index in [-0.39, 0.29) is 6.04 Å². The van der Waals surface area contributed by atoms with E-state index in [2.05, 4.69) is 6.92 Å². The van der Waals surface area contributed by atoms with E-state index in [9.17, 15) is 5.11 Å². The predicted octanol–water partition coefficient (Wildman–Crippen LogP) is 0.893. The number of hydrogen-bond donors (Lipinski definition) is 3. The van der Waals surface area contributed by atoms with Crippen molar-refractivity contribution >= 4 is 0 Å². The van der Waals surface area contributed by atoms with E-state index in [4.69, 9.17) is 11.6 Å². The fraction of sp³-hybridized carbons (Fsp3) is 0.571.